The summed E-state index contributed by atoms with van der Waals surface area (Å²) in [5, 5.41) is 20.1. The van der Waals surface area contributed by atoms with Crippen molar-refractivity contribution in [2.45, 2.75) is 0 Å². The standard InChI is InChI=1S/C126H86N10Si3/c1-11-39-87(40-12-1)91-80-121(131-111-61-33-31-59-105(111)106-84-102(72-76-112(106)131)137(93-43-15-3-16-44-93,94-45-17-4-18-46-94)95-47-19-5-20-48-95)129-124(83-91)136-120-66-38-36-64-118(120)134-116-75-69-90(79-110(116)128-126(134)136)89-67-70-101(71-68-89)139(99-55-27-9-28-56-99,100-57-29-10-30-58-100)104-74-78-114-108(86-104)107-85-103(138(96-49-21-6-22-50-96,97-51-23-7-24-52-97)98-53-25-8-26-54-98)73-77-113(107)132(114)122-81-92(88-41-13-2-14-42-88)82-123(130-122)135-119-65-37-35-63-117(119)133-115-62-34-32-60-109(115)127-125(133)135/h1-86H. The van der Waals surface area contributed by atoms with Crippen LogP contribution in [0, 0.1) is 0 Å². The van der Waals surface area contributed by atoms with Crippen LogP contribution in [0.2, 0.25) is 0 Å². The first-order valence-electron chi connectivity index (χ1n) is 47.6. The molecule has 0 atom stereocenters. The third kappa shape index (κ3) is 12.7. The second-order valence-electron chi connectivity index (χ2n) is 36.4. The van der Waals surface area contributed by atoms with E-state index in [-0.39, 0.29) is 0 Å². The minimum atomic E-state index is -3.37. The molecule has 19 aromatic carbocycles. The monoisotopic (exact) mass is 1820 g/mol. The van der Waals surface area contributed by atoms with E-state index in [9.17, 15) is 0 Å². The van der Waals surface area contributed by atoms with Gasteiger partial charge in [0.25, 0.3) is 0 Å². The maximum atomic E-state index is 5.97. The number of nitrogens with zero attached hydrogens (tertiary/aromatic N) is 10. The van der Waals surface area contributed by atoms with E-state index in [1.807, 2.05) is 0 Å². The molecule has 0 aliphatic carbocycles. The van der Waals surface area contributed by atoms with Crippen LogP contribution in [-0.2, 0) is 0 Å². The first-order chi connectivity index (χ1) is 68.9. The van der Waals surface area contributed by atoms with Crippen molar-refractivity contribution >= 4 is 186 Å². The summed E-state index contributed by atoms with van der Waals surface area (Å²) >= 11 is 0. The number of hydrogen-bond donors (Lipinski definition) is 0. The molecule has 0 bridgehead atoms. The summed E-state index contributed by atoms with van der Waals surface area (Å²) in [4.78, 5) is 23.1. The SMILES string of the molecule is c1ccc(-c2cc(-n3c4ccc([Si](c5ccccc5)(c5ccccc5)c5ccccc5)cc4c4cc([Si](c5ccccc5)(c5ccccc5)c5ccc(-c6ccc7c(c6)nc6n(-c8cc(-c9ccccc9)cc(-n9c%10ccccc%10c%10cc([Si](c%11ccccc%11)(c%11ccccc%11)c%11ccccc%11)ccc%109)n8)c8ccccc8n76)cc5)ccc43)nc(-n3c4ccccc4n4c5ccccc5nc34)c2)cc1. The fourth-order valence-electron chi connectivity index (χ4n) is 23.1. The molecule has 652 valence electrons. The van der Waals surface area contributed by atoms with Gasteiger partial charge in [0, 0.05) is 21.5 Å². The molecule has 0 radical (unpaired) electrons. The van der Waals surface area contributed by atoms with Crippen LogP contribution in [0.5, 0.6) is 0 Å². The van der Waals surface area contributed by atoms with Gasteiger partial charge in [-0.2, -0.15) is 0 Å². The van der Waals surface area contributed by atoms with Crippen molar-refractivity contribution in [3.05, 3.63) is 522 Å². The summed E-state index contributed by atoms with van der Waals surface area (Å²) in [5.41, 5.74) is 18.5. The van der Waals surface area contributed by atoms with Crippen LogP contribution in [-0.4, -0.2) is 71.2 Å². The van der Waals surface area contributed by atoms with Gasteiger partial charge in [-0.05, 0) is 193 Å². The summed E-state index contributed by atoms with van der Waals surface area (Å²) in [6, 6.07) is 194. The molecule has 0 saturated carbocycles. The van der Waals surface area contributed by atoms with Crippen LogP contribution in [0.3, 0.4) is 0 Å². The van der Waals surface area contributed by atoms with Gasteiger partial charge in [-0.3, -0.25) is 27.1 Å². The van der Waals surface area contributed by atoms with Crippen LogP contribution >= 0.6 is 0 Å². The van der Waals surface area contributed by atoms with E-state index in [1.165, 1.54) is 67.6 Å². The maximum absolute atomic E-state index is 5.97. The third-order valence-electron chi connectivity index (χ3n) is 29.1. The molecule has 8 aromatic heterocycles. The Kier molecular flexibility index (Phi) is 19.1. The summed E-state index contributed by atoms with van der Waals surface area (Å²) in [6.45, 7) is 0. The number of pyridine rings is 2. The Morgan fingerprint density at radius 1 is 0.137 bits per heavy atom. The summed E-state index contributed by atoms with van der Waals surface area (Å²) < 4.78 is 14.0. The van der Waals surface area contributed by atoms with Crippen LogP contribution in [0.15, 0.2) is 522 Å². The zero-order valence-corrected chi connectivity index (χ0v) is 78.6. The number of benzene rings is 19. The normalized spacial score (nSPS) is 12.2. The zero-order valence-electron chi connectivity index (χ0n) is 75.6. The van der Waals surface area contributed by atoms with Gasteiger partial charge in [-0.15, -0.1) is 0 Å². The summed E-state index contributed by atoms with van der Waals surface area (Å²) in [6.07, 6.45) is 0. The van der Waals surface area contributed by atoms with Gasteiger partial charge in [0.05, 0.1) is 66.2 Å². The van der Waals surface area contributed by atoms with Crippen molar-refractivity contribution in [2.24, 2.45) is 0 Å². The van der Waals surface area contributed by atoms with Crippen molar-refractivity contribution in [1.82, 2.24) is 47.0 Å². The van der Waals surface area contributed by atoms with Crippen molar-refractivity contribution in [1.29, 1.82) is 0 Å². The molecule has 27 aromatic rings. The lowest BCUT2D eigenvalue weighted by Crippen LogP contribution is -2.74. The van der Waals surface area contributed by atoms with Crippen LogP contribution < -0.4 is 62.2 Å². The number of imidazole rings is 4. The molecular formula is C126H86N10Si3. The Bertz CT molecular complexity index is 9190. The van der Waals surface area contributed by atoms with Gasteiger partial charge in [0.15, 0.2) is 24.2 Å². The largest absolute Gasteiger partial charge is 0.294 e. The van der Waals surface area contributed by atoms with Gasteiger partial charge in [-0.1, -0.05) is 425 Å². The molecule has 0 unspecified atom stereocenters. The molecule has 0 fully saturated rings. The molecule has 8 heterocycles. The van der Waals surface area contributed by atoms with Crippen molar-refractivity contribution < 1.29 is 0 Å². The molecule has 13 heteroatoms. The lowest BCUT2D eigenvalue weighted by molar-refractivity contribution is 0.996. The van der Waals surface area contributed by atoms with Gasteiger partial charge in [-0.25, -0.2) is 19.9 Å². The predicted molar refractivity (Wildman–Crippen MR) is 584 cm³/mol. The highest BCUT2D eigenvalue weighted by atomic mass is 28.3. The van der Waals surface area contributed by atoms with Crippen molar-refractivity contribution in [3.63, 3.8) is 0 Å². The Morgan fingerprint density at radius 2 is 0.381 bits per heavy atom. The molecule has 0 saturated heterocycles. The van der Waals surface area contributed by atoms with E-state index in [0.29, 0.717) is 0 Å². The lowest BCUT2D eigenvalue weighted by Gasteiger charge is -2.35. The maximum Gasteiger partial charge on any atom is 0.221 e. The predicted octanol–water partition coefficient (Wildman–Crippen LogP) is 21.3. The number of para-hydroxylation sites is 7. The Labute approximate surface area is 805 Å². The number of hydrogen-bond acceptors (Lipinski definition) is 4. The molecule has 0 spiro atoms. The van der Waals surface area contributed by atoms with Gasteiger partial charge < -0.3 is 0 Å². The Balaban J connectivity index is 0.634. The fraction of sp³-hybridized carbons (Fsp3) is 0. The molecule has 0 aliphatic heterocycles. The van der Waals surface area contributed by atoms with Crippen LogP contribution in [0.4, 0.5) is 0 Å². The fourth-order valence-corrected chi connectivity index (χ4v) is 37.3. The van der Waals surface area contributed by atoms with E-state index in [0.717, 1.165) is 151 Å². The molecule has 139 heavy (non-hydrogen) atoms. The molecule has 27 rings (SSSR count). The summed E-state index contributed by atoms with van der Waals surface area (Å²) in [5.74, 6) is 4.66. The topological polar surface area (TPSA) is 80.1 Å². The zero-order chi connectivity index (χ0) is 91.7. The van der Waals surface area contributed by atoms with Gasteiger partial charge >= 0.3 is 0 Å². The van der Waals surface area contributed by atoms with E-state index in [2.05, 4.69) is 549 Å². The smallest absolute Gasteiger partial charge is 0.221 e. The third-order valence-corrected chi connectivity index (χ3v) is 43.4. The second kappa shape index (κ2) is 32.8. The van der Waals surface area contributed by atoms with Crippen LogP contribution in [0.1, 0.15) is 0 Å². The van der Waals surface area contributed by atoms with Crippen LogP contribution in [0.25, 0.3) is 156 Å². The number of rotatable bonds is 19. The van der Waals surface area contributed by atoms with Crippen molar-refractivity contribution in [3.8, 4) is 56.7 Å². The van der Waals surface area contributed by atoms with E-state index < -0.39 is 24.2 Å². The highest BCUT2D eigenvalue weighted by Gasteiger charge is 2.46. The highest BCUT2D eigenvalue weighted by Crippen LogP contribution is 2.41. The minimum Gasteiger partial charge on any atom is -0.294 e. The lowest BCUT2D eigenvalue weighted by atomic mass is 10.1. The minimum absolute atomic E-state index is 0.754. The van der Waals surface area contributed by atoms with Crippen molar-refractivity contribution in [2.75, 3.05) is 0 Å². The number of fused-ring (bicyclic) bond motifs is 16. The molecular weight excluding hydrogens is 1740 g/mol. The van der Waals surface area contributed by atoms with E-state index in [1.54, 1.807) is 0 Å². The molecule has 10 nitrogen and oxygen atoms in total. The van der Waals surface area contributed by atoms with E-state index >= 15 is 0 Å². The molecule has 0 aliphatic rings. The van der Waals surface area contributed by atoms with E-state index in [4.69, 9.17) is 19.9 Å². The summed E-state index contributed by atoms with van der Waals surface area (Å²) in [7, 11) is -9.42. The first kappa shape index (κ1) is 80.9. The average Bonchev–Trinajstić information content (AvgIpc) is 1.62. The number of aromatic nitrogens is 10. The highest BCUT2D eigenvalue weighted by molar-refractivity contribution is 7.21. The second-order valence-corrected chi connectivity index (χ2v) is 47.8. The quantitative estimate of drug-likeness (QED) is 0.0597. The molecule has 0 N–H and O–H groups in total. The van der Waals surface area contributed by atoms with Gasteiger partial charge in [0.1, 0.15) is 23.3 Å². The Morgan fingerprint density at radius 3 is 0.748 bits per heavy atom. The first-order valence-corrected chi connectivity index (χ1v) is 53.6. The molecule has 0 amide bonds. The average molecular weight is 1820 g/mol. The van der Waals surface area contributed by atoms with Gasteiger partial charge in [0.2, 0.25) is 11.6 Å². The Hall–Kier alpha value is -17.7.